The molecule has 2 amide bonds. The maximum absolute atomic E-state index is 12.8. The number of carbonyl (C=O) groups is 3. The topological polar surface area (TPSA) is 84.5 Å². The summed E-state index contributed by atoms with van der Waals surface area (Å²) in [4.78, 5) is 37.9. The minimum absolute atomic E-state index is 0.0222. The number of hydrogen-bond acceptors (Lipinski definition) is 4. The lowest BCUT2D eigenvalue weighted by Crippen LogP contribution is -2.45. The van der Waals surface area contributed by atoms with Crippen LogP contribution in [0.1, 0.15) is 30.9 Å². The molecular weight excluding hydrogens is 428 g/mol. The highest BCUT2D eigenvalue weighted by Gasteiger charge is 2.25. The molecule has 6 nitrogen and oxygen atoms in total. The van der Waals surface area contributed by atoms with Crippen molar-refractivity contribution in [1.82, 2.24) is 10.6 Å². The number of ether oxygens (including phenoxy) is 1. The Morgan fingerprint density at radius 3 is 2.38 bits per heavy atom. The van der Waals surface area contributed by atoms with Crippen LogP contribution in [0.3, 0.4) is 0 Å². The van der Waals surface area contributed by atoms with Gasteiger partial charge in [-0.2, -0.15) is 0 Å². The van der Waals surface area contributed by atoms with Crippen LogP contribution in [0.4, 0.5) is 0 Å². The molecule has 3 aromatic carbocycles. The molecular formula is C28H32N2O4. The van der Waals surface area contributed by atoms with Gasteiger partial charge in [-0.25, -0.2) is 0 Å². The smallest absolute Gasteiger partial charge is 0.223 e. The van der Waals surface area contributed by atoms with Gasteiger partial charge in [0.15, 0.2) is 5.78 Å². The van der Waals surface area contributed by atoms with Gasteiger partial charge in [0.1, 0.15) is 6.04 Å². The number of Topliss-reactive ketones (excluding diaryl/α,β-unsaturated/α-hetero) is 1. The van der Waals surface area contributed by atoms with E-state index in [-0.39, 0.29) is 37.0 Å². The SMILES string of the molecule is COC[C@H](NC(=O)CCc1ccccc1)C(=O)C[C@@H](C)C(=O)NCc1cccc2ccccc12. The Kier molecular flexibility index (Phi) is 9.35. The summed E-state index contributed by atoms with van der Waals surface area (Å²) in [5.41, 5.74) is 2.08. The first-order valence-corrected chi connectivity index (χ1v) is 11.6. The molecule has 6 heteroatoms. The van der Waals surface area contributed by atoms with Gasteiger partial charge in [-0.1, -0.05) is 79.7 Å². The summed E-state index contributed by atoms with van der Waals surface area (Å²) in [6.07, 6.45) is 0.889. The third kappa shape index (κ3) is 7.25. The first kappa shape index (κ1) is 25.1. The number of hydrogen-bond donors (Lipinski definition) is 2. The van der Waals surface area contributed by atoms with E-state index in [9.17, 15) is 14.4 Å². The largest absolute Gasteiger partial charge is 0.382 e. The average Bonchev–Trinajstić information content (AvgIpc) is 2.86. The lowest BCUT2D eigenvalue weighted by Gasteiger charge is -2.19. The van der Waals surface area contributed by atoms with Crippen molar-refractivity contribution in [2.45, 2.75) is 38.8 Å². The second-order valence-electron chi connectivity index (χ2n) is 8.49. The molecule has 34 heavy (non-hydrogen) atoms. The van der Waals surface area contributed by atoms with Crippen molar-refractivity contribution in [2.75, 3.05) is 13.7 Å². The lowest BCUT2D eigenvalue weighted by molar-refractivity contribution is -0.132. The average molecular weight is 461 g/mol. The van der Waals surface area contributed by atoms with Crippen LogP contribution >= 0.6 is 0 Å². The molecule has 3 rings (SSSR count). The second kappa shape index (κ2) is 12.7. The monoisotopic (exact) mass is 460 g/mol. The van der Waals surface area contributed by atoms with Crippen LogP contribution in [0.2, 0.25) is 0 Å². The molecule has 0 aliphatic heterocycles. The summed E-state index contributed by atoms with van der Waals surface area (Å²) in [7, 11) is 1.48. The highest BCUT2D eigenvalue weighted by molar-refractivity contribution is 5.92. The zero-order valence-corrected chi connectivity index (χ0v) is 19.8. The van der Waals surface area contributed by atoms with E-state index in [2.05, 4.69) is 10.6 Å². The Balaban J connectivity index is 1.50. The van der Waals surface area contributed by atoms with Crippen LogP contribution in [0.25, 0.3) is 10.8 Å². The van der Waals surface area contributed by atoms with Crippen molar-refractivity contribution in [2.24, 2.45) is 5.92 Å². The summed E-state index contributed by atoms with van der Waals surface area (Å²) in [6.45, 7) is 2.17. The molecule has 0 spiro atoms. The summed E-state index contributed by atoms with van der Waals surface area (Å²) in [5, 5.41) is 7.91. The van der Waals surface area contributed by atoms with Gasteiger partial charge in [0.25, 0.3) is 0 Å². The van der Waals surface area contributed by atoms with Crippen molar-refractivity contribution in [3.05, 3.63) is 83.9 Å². The molecule has 0 saturated heterocycles. The summed E-state index contributed by atoms with van der Waals surface area (Å²) in [5.74, 6) is -1.16. The van der Waals surface area contributed by atoms with Gasteiger partial charge in [-0.15, -0.1) is 0 Å². The van der Waals surface area contributed by atoms with Crippen LogP contribution in [-0.4, -0.2) is 37.4 Å². The van der Waals surface area contributed by atoms with E-state index in [0.29, 0.717) is 13.0 Å². The number of methoxy groups -OCH3 is 1. The lowest BCUT2D eigenvalue weighted by atomic mass is 9.99. The van der Waals surface area contributed by atoms with E-state index in [1.165, 1.54) is 7.11 Å². The molecule has 0 saturated carbocycles. The standard InChI is InChI=1S/C28H32N2O4/c1-20(28(33)29-18-23-13-8-12-22-11-6-7-14-24(22)23)17-26(31)25(19-34-2)30-27(32)16-15-21-9-4-3-5-10-21/h3-14,20,25H,15-19H2,1-2H3,(H,29,33)(H,30,32)/t20-,25+/m1/s1. The fourth-order valence-corrected chi connectivity index (χ4v) is 3.89. The minimum Gasteiger partial charge on any atom is -0.382 e. The first-order chi connectivity index (χ1) is 16.5. The van der Waals surface area contributed by atoms with Gasteiger partial charge >= 0.3 is 0 Å². The molecule has 178 valence electrons. The van der Waals surface area contributed by atoms with Crippen LogP contribution < -0.4 is 10.6 Å². The van der Waals surface area contributed by atoms with E-state index in [1.807, 2.05) is 72.8 Å². The Labute approximate surface area is 200 Å². The molecule has 0 aliphatic carbocycles. The molecule has 0 radical (unpaired) electrons. The molecule has 0 bridgehead atoms. The zero-order chi connectivity index (χ0) is 24.3. The molecule has 0 fully saturated rings. The van der Waals surface area contributed by atoms with Crippen LogP contribution in [-0.2, 0) is 32.1 Å². The van der Waals surface area contributed by atoms with Crippen LogP contribution in [0, 0.1) is 5.92 Å². The third-order valence-electron chi connectivity index (χ3n) is 5.83. The summed E-state index contributed by atoms with van der Waals surface area (Å²) >= 11 is 0. The Morgan fingerprint density at radius 2 is 1.62 bits per heavy atom. The maximum Gasteiger partial charge on any atom is 0.223 e. The molecule has 0 aromatic heterocycles. The predicted molar refractivity (Wildman–Crippen MR) is 133 cm³/mol. The second-order valence-corrected chi connectivity index (χ2v) is 8.49. The van der Waals surface area contributed by atoms with Gasteiger partial charge < -0.3 is 15.4 Å². The van der Waals surface area contributed by atoms with Crippen molar-refractivity contribution >= 4 is 28.4 Å². The summed E-state index contributed by atoms with van der Waals surface area (Å²) in [6, 6.07) is 22.9. The first-order valence-electron chi connectivity index (χ1n) is 11.6. The maximum atomic E-state index is 12.8. The highest BCUT2D eigenvalue weighted by Crippen LogP contribution is 2.18. The van der Waals surface area contributed by atoms with Crippen LogP contribution in [0.15, 0.2) is 72.8 Å². The number of benzene rings is 3. The van der Waals surface area contributed by atoms with Crippen LogP contribution in [0.5, 0.6) is 0 Å². The fourth-order valence-electron chi connectivity index (χ4n) is 3.89. The van der Waals surface area contributed by atoms with Gasteiger partial charge in [0, 0.05) is 32.4 Å². The quantitative estimate of drug-likeness (QED) is 0.430. The van der Waals surface area contributed by atoms with Gasteiger partial charge in [0.2, 0.25) is 11.8 Å². The predicted octanol–water partition coefficient (Wildman–Crippen LogP) is 3.82. The Bertz CT molecular complexity index is 1110. The highest BCUT2D eigenvalue weighted by atomic mass is 16.5. The molecule has 0 aliphatic rings. The van der Waals surface area contributed by atoms with Crippen molar-refractivity contribution < 1.29 is 19.1 Å². The van der Waals surface area contributed by atoms with E-state index >= 15 is 0 Å². The summed E-state index contributed by atoms with van der Waals surface area (Å²) < 4.78 is 5.14. The van der Waals surface area contributed by atoms with E-state index in [0.717, 1.165) is 21.9 Å². The Morgan fingerprint density at radius 1 is 0.912 bits per heavy atom. The molecule has 2 N–H and O–H groups in total. The number of ketones is 1. The van der Waals surface area contributed by atoms with Crippen molar-refractivity contribution in [1.29, 1.82) is 0 Å². The molecule has 3 aromatic rings. The molecule has 2 atom stereocenters. The van der Waals surface area contributed by atoms with E-state index in [4.69, 9.17) is 4.74 Å². The molecule has 0 heterocycles. The zero-order valence-electron chi connectivity index (χ0n) is 19.8. The van der Waals surface area contributed by atoms with E-state index < -0.39 is 12.0 Å². The number of carbonyl (C=O) groups excluding carboxylic acids is 3. The normalized spacial score (nSPS) is 12.6. The number of amides is 2. The van der Waals surface area contributed by atoms with Gasteiger partial charge in [0.05, 0.1) is 6.61 Å². The van der Waals surface area contributed by atoms with Gasteiger partial charge in [-0.05, 0) is 28.3 Å². The number of aryl methyl sites for hydroxylation is 1. The number of rotatable bonds is 12. The third-order valence-corrected chi connectivity index (χ3v) is 5.83. The van der Waals surface area contributed by atoms with Crippen molar-refractivity contribution in [3.8, 4) is 0 Å². The number of fused-ring (bicyclic) bond motifs is 1. The number of nitrogens with one attached hydrogen (secondary N) is 2. The minimum atomic E-state index is -0.776. The fraction of sp³-hybridized carbons (Fsp3) is 0.321. The van der Waals surface area contributed by atoms with Crippen molar-refractivity contribution in [3.63, 3.8) is 0 Å². The van der Waals surface area contributed by atoms with E-state index in [1.54, 1.807) is 6.92 Å². The Hall–Kier alpha value is -3.51. The molecule has 0 unspecified atom stereocenters. The van der Waals surface area contributed by atoms with Gasteiger partial charge in [-0.3, -0.25) is 14.4 Å².